The van der Waals surface area contributed by atoms with E-state index in [0.717, 1.165) is 11.4 Å². The summed E-state index contributed by atoms with van der Waals surface area (Å²) < 4.78 is 0. The van der Waals surface area contributed by atoms with E-state index in [-0.39, 0.29) is 0 Å². The van der Waals surface area contributed by atoms with Crippen LogP contribution in [0.3, 0.4) is 0 Å². The Balaban J connectivity index is 3.20. The zero-order valence-electron chi connectivity index (χ0n) is 8.98. The first-order chi connectivity index (χ1) is 6.56. The summed E-state index contributed by atoms with van der Waals surface area (Å²) in [5.74, 6) is 0. The Kier molecular flexibility index (Phi) is 3.06. The number of nitroso groups, excluding NO2 is 1. The van der Waals surface area contributed by atoms with Crippen molar-refractivity contribution in [2.45, 2.75) is 0 Å². The summed E-state index contributed by atoms with van der Waals surface area (Å²) in [7, 11) is 7.71. The highest BCUT2D eigenvalue weighted by atomic mass is 16.3. The van der Waals surface area contributed by atoms with E-state index in [1.54, 1.807) is 6.07 Å². The average molecular weight is 193 g/mol. The van der Waals surface area contributed by atoms with E-state index in [2.05, 4.69) is 5.18 Å². The quantitative estimate of drug-likeness (QED) is 0.690. The van der Waals surface area contributed by atoms with Crippen LogP contribution in [0.2, 0.25) is 0 Å². The summed E-state index contributed by atoms with van der Waals surface area (Å²) in [4.78, 5) is 14.4. The smallest absolute Gasteiger partial charge is 0.131 e. The van der Waals surface area contributed by atoms with Crippen molar-refractivity contribution >= 4 is 17.1 Å². The van der Waals surface area contributed by atoms with Crippen LogP contribution in [0.25, 0.3) is 0 Å². The molecule has 4 nitrogen and oxygen atoms in total. The van der Waals surface area contributed by atoms with Crippen LogP contribution in [0.15, 0.2) is 23.4 Å². The molecule has 1 rings (SSSR count). The molecule has 0 bridgehead atoms. The van der Waals surface area contributed by atoms with Gasteiger partial charge in [-0.15, -0.1) is 4.91 Å². The van der Waals surface area contributed by atoms with Crippen molar-refractivity contribution in [3.63, 3.8) is 0 Å². The number of hydrogen-bond acceptors (Lipinski definition) is 4. The first-order valence-electron chi connectivity index (χ1n) is 4.38. The molecule has 1 aromatic rings. The van der Waals surface area contributed by atoms with Gasteiger partial charge in [-0.05, 0) is 23.4 Å². The van der Waals surface area contributed by atoms with Crippen molar-refractivity contribution in [2.24, 2.45) is 5.18 Å². The summed E-state index contributed by atoms with van der Waals surface area (Å²) in [6.07, 6.45) is 0. The summed E-state index contributed by atoms with van der Waals surface area (Å²) >= 11 is 0. The number of rotatable bonds is 3. The van der Waals surface area contributed by atoms with Crippen LogP contribution in [0.4, 0.5) is 17.1 Å². The van der Waals surface area contributed by atoms with Gasteiger partial charge in [-0.2, -0.15) is 0 Å². The van der Waals surface area contributed by atoms with Crippen LogP contribution < -0.4 is 9.80 Å². The van der Waals surface area contributed by atoms with Gasteiger partial charge in [0, 0.05) is 33.9 Å². The third kappa shape index (κ3) is 2.02. The summed E-state index contributed by atoms with van der Waals surface area (Å²) in [6.45, 7) is 0. The van der Waals surface area contributed by atoms with Crippen LogP contribution >= 0.6 is 0 Å². The van der Waals surface area contributed by atoms with Crippen molar-refractivity contribution < 1.29 is 0 Å². The minimum atomic E-state index is 0.473. The number of anilines is 2. The van der Waals surface area contributed by atoms with Crippen LogP contribution in [0, 0.1) is 4.91 Å². The molecule has 0 amide bonds. The molecule has 0 saturated carbocycles. The highest BCUT2D eigenvalue weighted by Gasteiger charge is 2.06. The molecule has 1 aromatic carbocycles. The van der Waals surface area contributed by atoms with Gasteiger partial charge in [0.15, 0.2) is 0 Å². The molecule has 0 saturated heterocycles. The third-order valence-electron chi connectivity index (χ3n) is 2.06. The normalized spacial score (nSPS) is 9.71. The Morgan fingerprint density at radius 1 is 1.07 bits per heavy atom. The van der Waals surface area contributed by atoms with Crippen molar-refractivity contribution in [1.82, 2.24) is 0 Å². The summed E-state index contributed by atoms with van der Waals surface area (Å²) in [6, 6.07) is 5.55. The van der Waals surface area contributed by atoms with E-state index in [0.29, 0.717) is 5.69 Å². The van der Waals surface area contributed by atoms with Crippen LogP contribution in [0.5, 0.6) is 0 Å². The van der Waals surface area contributed by atoms with Crippen LogP contribution in [0.1, 0.15) is 0 Å². The molecule has 0 spiro atoms. The average Bonchev–Trinajstić information content (AvgIpc) is 2.16. The molecule has 0 aliphatic rings. The van der Waals surface area contributed by atoms with E-state index in [9.17, 15) is 4.91 Å². The molecular weight excluding hydrogens is 178 g/mol. The fourth-order valence-electron chi connectivity index (χ4n) is 1.23. The maximum absolute atomic E-state index is 10.5. The minimum Gasteiger partial charge on any atom is -0.378 e. The van der Waals surface area contributed by atoms with E-state index in [1.165, 1.54) is 0 Å². The maximum Gasteiger partial charge on any atom is 0.131 e. The first-order valence-corrected chi connectivity index (χ1v) is 4.38. The first kappa shape index (κ1) is 10.5. The predicted octanol–water partition coefficient (Wildman–Crippen LogP) is 2.22. The number of nitrogens with zero attached hydrogens (tertiary/aromatic N) is 3. The van der Waals surface area contributed by atoms with Crippen molar-refractivity contribution in [3.8, 4) is 0 Å². The van der Waals surface area contributed by atoms with Crippen molar-refractivity contribution in [1.29, 1.82) is 0 Å². The van der Waals surface area contributed by atoms with Gasteiger partial charge in [0.2, 0.25) is 0 Å². The fourth-order valence-corrected chi connectivity index (χ4v) is 1.23. The Labute approximate surface area is 84.1 Å². The number of hydrogen-bond donors (Lipinski definition) is 0. The highest BCUT2D eigenvalue weighted by molar-refractivity contribution is 5.72. The van der Waals surface area contributed by atoms with E-state index >= 15 is 0 Å². The fraction of sp³-hybridized carbons (Fsp3) is 0.400. The van der Waals surface area contributed by atoms with Gasteiger partial charge in [-0.1, -0.05) is 0 Å². The van der Waals surface area contributed by atoms with Crippen molar-refractivity contribution in [3.05, 3.63) is 23.1 Å². The maximum atomic E-state index is 10.5. The molecule has 0 aromatic heterocycles. The zero-order chi connectivity index (χ0) is 10.7. The second-order valence-electron chi connectivity index (χ2n) is 3.55. The minimum absolute atomic E-state index is 0.473. The predicted molar refractivity (Wildman–Crippen MR) is 60.6 cm³/mol. The molecule has 14 heavy (non-hydrogen) atoms. The summed E-state index contributed by atoms with van der Waals surface area (Å²) in [5, 5.41) is 2.98. The lowest BCUT2D eigenvalue weighted by atomic mass is 10.2. The molecule has 0 unspecified atom stereocenters. The molecule has 4 heteroatoms. The lowest BCUT2D eigenvalue weighted by molar-refractivity contribution is 1.10. The Hall–Kier alpha value is -1.58. The Morgan fingerprint density at radius 3 is 2.14 bits per heavy atom. The Morgan fingerprint density at radius 2 is 1.71 bits per heavy atom. The van der Waals surface area contributed by atoms with Crippen molar-refractivity contribution in [2.75, 3.05) is 38.0 Å². The van der Waals surface area contributed by atoms with Gasteiger partial charge in [-0.25, -0.2) is 0 Å². The SMILES string of the molecule is CN(C)c1ccc(N=O)c(N(C)C)c1. The van der Waals surface area contributed by atoms with E-state index in [1.807, 2.05) is 50.1 Å². The molecule has 0 fully saturated rings. The van der Waals surface area contributed by atoms with Gasteiger partial charge in [0.1, 0.15) is 5.69 Å². The highest BCUT2D eigenvalue weighted by Crippen LogP contribution is 2.30. The van der Waals surface area contributed by atoms with Gasteiger partial charge >= 0.3 is 0 Å². The number of benzene rings is 1. The van der Waals surface area contributed by atoms with Gasteiger partial charge < -0.3 is 9.80 Å². The molecule has 0 radical (unpaired) electrons. The largest absolute Gasteiger partial charge is 0.378 e. The van der Waals surface area contributed by atoms with Crippen LogP contribution in [-0.4, -0.2) is 28.2 Å². The topological polar surface area (TPSA) is 35.9 Å². The standard InChI is InChI=1S/C10H15N3O/c1-12(2)8-5-6-9(11-14)10(7-8)13(3)4/h5-7H,1-4H3. The lowest BCUT2D eigenvalue weighted by Gasteiger charge is -2.18. The summed E-state index contributed by atoms with van der Waals surface area (Å²) in [5.41, 5.74) is 2.37. The molecule has 0 aliphatic carbocycles. The van der Waals surface area contributed by atoms with Gasteiger partial charge in [0.25, 0.3) is 0 Å². The Bertz CT molecular complexity index is 334. The second-order valence-corrected chi connectivity index (χ2v) is 3.55. The molecule has 0 heterocycles. The molecule has 0 atom stereocenters. The van der Waals surface area contributed by atoms with Gasteiger partial charge in [-0.3, -0.25) is 0 Å². The van der Waals surface area contributed by atoms with E-state index in [4.69, 9.17) is 0 Å². The lowest BCUT2D eigenvalue weighted by Crippen LogP contribution is -2.12. The van der Waals surface area contributed by atoms with Crippen LogP contribution in [-0.2, 0) is 0 Å². The van der Waals surface area contributed by atoms with Gasteiger partial charge in [0.05, 0.1) is 5.69 Å². The third-order valence-corrected chi connectivity index (χ3v) is 2.06. The molecule has 76 valence electrons. The molecule has 0 aliphatic heterocycles. The molecular formula is C10H15N3O. The second kappa shape index (κ2) is 4.09. The monoisotopic (exact) mass is 193 g/mol. The van der Waals surface area contributed by atoms with E-state index < -0.39 is 0 Å². The molecule has 0 N–H and O–H groups in total. The zero-order valence-corrected chi connectivity index (χ0v) is 8.98.